The van der Waals surface area contributed by atoms with Crippen LogP contribution in [0, 0.1) is 12.3 Å². The Hall–Kier alpha value is -0.890. The Balaban J connectivity index is 2.71. The van der Waals surface area contributed by atoms with Crippen LogP contribution in [0.15, 0.2) is 18.2 Å². The first-order chi connectivity index (χ1) is 7.92. The van der Waals surface area contributed by atoms with Crippen molar-refractivity contribution in [2.75, 3.05) is 6.54 Å². The van der Waals surface area contributed by atoms with E-state index in [9.17, 15) is 0 Å². The number of aryl methyl sites for hydroxylation is 1. The minimum Gasteiger partial charge on any atom is -0.309 e. The Labute approximate surface area is 106 Å². The SMILES string of the molecule is CCNC(CCC(C)(C)C)c1cccc(C)n1. The fraction of sp³-hybridized carbons (Fsp3) is 0.667. The first-order valence-electron chi connectivity index (χ1n) is 6.59. The van der Waals surface area contributed by atoms with Crippen LogP contribution in [-0.4, -0.2) is 11.5 Å². The van der Waals surface area contributed by atoms with Crippen LogP contribution in [0.5, 0.6) is 0 Å². The van der Waals surface area contributed by atoms with E-state index in [4.69, 9.17) is 0 Å². The number of nitrogens with one attached hydrogen (secondary N) is 1. The molecule has 0 aliphatic heterocycles. The average molecular weight is 234 g/mol. The predicted octanol–water partition coefficient (Wildman–Crippen LogP) is 3.87. The van der Waals surface area contributed by atoms with Crippen LogP contribution < -0.4 is 5.32 Å². The van der Waals surface area contributed by atoms with Gasteiger partial charge in [-0.2, -0.15) is 0 Å². The highest BCUT2D eigenvalue weighted by atomic mass is 14.9. The molecular formula is C15H26N2. The molecule has 0 aliphatic carbocycles. The molecule has 0 saturated carbocycles. The van der Waals surface area contributed by atoms with Gasteiger partial charge in [0, 0.05) is 11.7 Å². The van der Waals surface area contributed by atoms with E-state index in [2.05, 4.69) is 63.1 Å². The number of aromatic nitrogens is 1. The zero-order chi connectivity index (χ0) is 12.9. The zero-order valence-electron chi connectivity index (χ0n) is 11.9. The molecule has 1 aromatic heterocycles. The van der Waals surface area contributed by atoms with E-state index in [1.165, 1.54) is 12.1 Å². The van der Waals surface area contributed by atoms with Crippen LogP contribution in [0.1, 0.15) is 58.0 Å². The lowest BCUT2D eigenvalue weighted by molar-refractivity contribution is 0.331. The van der Waals surface area contributed by atoms with E-state index in [1.54, 1.807) is 0 Å². The van der Waals surface area contributed by atoms with Crippen molar-refractivity contribution in [2.24, 2.45) is 5.41 Å². The lowest BCUT2D eigenvalue weighted by Crippen LogP contribution is -2.23. The fourth-order valence-electron chi connectivity index (χ4n) is 1.94. The molecule has 1 unspecified atom stereocenters. The third-order valence-electron chi connectivity index (χ3n) is 2.90. The summed E-state index contributed by atoms with van der Waals surface area (Å²) in [5.74, 6) is 0. The summed E-state index contributed by atoms with van der Waals surface area (Å²) in [5, 5.41) is 3.54. The van der Waals surface area contributed by atoms with Crippen LogP contribution >= 0.6 is 0 Å². The van der Waals surface area contributed by atoms with E-state index < -0.39 is 0 Å². The van der Waals surface area contributed by atoms with Gasteiger partial charge in [-0.05, 0) is 43.9 Å². The standard InChI is InChI=1S/C15H26N2/c1-6-16-13(10-11-15(3,4)5)14-9-7-8-12(2)17-14/h7-9,13,16H,6,10-11H2,1-5H3. The van der Waals surface area contributed by atoms with Gasteiger partial charge in [0.2, 0.25) is 0 Å². The molecule has 1 heterocycles. The second kappa shape index (κ2) is 6.15. The molecule has 1 rings (SSSR count). The Morgan fingerprint density at radius 2 is 2.00 bits per heavy atom. The lowest BCUT2D eigenvalue weighted by Gasteiger charge is -2.23. The van der Waals surface area contributed by atoms with E-state index in [-0.39, 0.29) is 0 Å². The van der Waals surface area contributed by atoms with Gasteiger partial charge in [0.25, 0.3) is 0 Å². The molecule has 17 heavy (non-hydrogen) atoms. The normalized spacial score (nSPS) is 13.7. The van der Waals surface area contributed by atoms with Crippen LogP contribution in [0.4, 0.5) is 0 Å². The molecule has 1 N–H and O–H groups in total. The summed E-state index contributed by atoms with van der Waals surface area (Å²) in [6, 6.07) is 6.66. The summed E-state index contributed by atoms with van der Waals surface area (Å²) in [6.07, 6.45) is 2.36. The first-order valence-corrected chi connectivity index (χ1v) is 6.59. The maximum Gasteiger partial charge on any atom is 0.0576 e. The van der Waals surface area contributed by atoms with Crippen molar-refractivity contribution in [3.63, 3.8) is 0 Å². The highest BCUT2D eigenvalue weighted by Gasteiger charge is 2.16. The molecule has 0 spiro atoms. The van der Waals surface area contributed by atoms with E-state index >= 15 is 0 Å². The van der Waals surface area contributed by atoms with Gasteiger partial charge in [0.05, 0.1) is 5.69 Å². The number of hydrogen-bond acceptors (Lipinski definition) is 2. The molecule has 0 amide bonds. The number of rotatable bonds is 5. The van der Waals surface area contributed by atoms with Crippen molar-refractivity contribution in [3.05, 3.63) is 29.6 Å². The number of hydrogen-bond donors (Lipinski definition) is 1. The van der Waals surface area contributed by atoms with Gasteiger partial charge in [0.15, 0.2) is 0 Å². The van der Waals surface area contributed by atoms with Gasteiger partial charge in [-0.3, -0.25) is 4.98 Å². The summed E-state index contributed by atoms with van der Waals surface area (Å²) >= 11 is 0. The van der Waals surface area contributed by atoms with Gasteiger partial charge >= 0.3 is 0 Å². The van der Waals surface area contributed by atoms with Gasteiger partial charge in [-0.1, -0.05) is 33.8 Å². The molecule has 96 valence electrons. The van der Waals surface area contributed by atoms with Crippen molar-refractivity contribution in [1.29, 1.82) is 0 Å². The molecule has 0 radical (unpaired) electrons. The molecule has 0 bridgehead atoms. The van der Waals surface area contributed by atoms with Crippen molar-refractivity contribution >= 4 is 0 Å². The topological polar surface area (TPSA) is 24.9 Å². The Morgan fingerprint density at radius 3 is 2.53 bits per heavy atom. The van der Waals surface area contributed by atoms with E-state index in [0.29, 0.717) is 11.5 Å². The zero-order valence-corrected chi connectivity index (χ0v) is 11.9. The maximum absolute atomic E-state index is 4.63. The smallest absolute Gasteiger partial charge is 0.0576 e. The van der Waals surface area contributed by atoms with Gasteiger partial charge in [0.1, 0.15) is 0 Å². The van der Waals surface area contributed by atoms with Crippen LogP contribution in [0.2, 0.25) is 0 Å². The van der Waals surface area contributed by atoms with Crippen LogP contribution in [0.25, 0.3) is 0 Å². The second-order valence-electron chi connectivity index (χ2n) is 5.91. The van der Waals surface area contributed by atoms with Crippen molar-refractivity contribution < 1.29 is 0 Å². The maximum atomic E-state index is 4.63. The molecule has 1 atom stereocenters. The van der Waals surface area contributed by atoms with Crippen LogP contribution in [0.3, 0.4) is 0 Å². The Morgan fingerprint density at radius 1 is 1.29 bits per heavy atom. The second-order valence-corrected chi connectivity index (χ2v) is 5.91. The lowest BCUT2D eigenvalue weighted by atomic mass is 9.88. The molecule has 1 aromatic rings. The highest BCUT2D eigenvalue weighted by Crippen LogP contribution is 2.26. The highest BCUT2D eigenvalue weighted by molar-refractivity contribution is 5.13. The first kappa shape index (κ1) is 14.2. The predicted molar refractivity (Wildman–Crippen MR) is 74.1 cm³/mol. The van der Waals surface area contributed by atoms with Gasteiger partial charge in [-0.15, -0.1) is 0 Å². The molecule has 0 aliphatic rings. The van der Waals surface area contributed by atoms with Crippen molar-refractivity contribution in [2.45, 2.75) is 53.5 Å². The number of nitrogens with zero attached hydrogens (tertiary/aromatic N) is 1. The van der Waals surface area contributed by atoms with Crippen molar-refractivity contribution in [3.8, 4) is 0 Å². The minimum atomic E-state index is 0.386. The monoisotopic (exact) mass is 234 g/mol. The Bertz CT molecular complexity index is 339. The third-order valence-corrected chi connectivity index (χ3v) is 2.90. The van der Waals surface area contributed by atoms with Gasteiger partial charge < -0.3 is 5.32 Å². The largest absolute Gasteiger partial charge is 0.309 e. The van der Waals surface area contributed by atoms with E-state index in [1.807, 2.05) is 0 Å². The van der Waals surface area contributed by atoms with Crippen molar-refractivity contribution in [1.82, 2.24) is 10.3 Å². The summed E-state index contributed by atoms with van der Waals surface area (Å²) < 4.78 is 0. The third kappa shape index (κ3) is 5.31. The Kier molecular flexibility index (Phi) is 5.13. The quantitative estimate of drug-likeness (QED) is 0.836. The minimum absolute atomic E-state index is 0.386. The van der Waals surface area contributed by atoms with Crippen LogP contribution in [-0.2, 0) is 0 Å². The molecule has 0 aromatic carbocycles. The number of pyridine rings is 1. The molecule has 2 nitrogen and oxygen atoms in total. The van der Waals surface area contributed by atoms with Gasteiger partial charge in [-0.25, -0.2) is 0 Å². The average Bonchev–Trinajstić information content (AvgIpc) is 2.23. The molecular weight excluding hydrogens is 208 g/mol. The summed E-state index contributed by atoms with van der Waals surface area (Å²) in [5.41, 5.74) is 2.66. The molecule has 2 heteroatoms. The summed E-state index contributed by atoms with van der Waals surface area (Å²) in [4.78, 5) is 4.63. The molecule has 0 saturated heterocycles. The fourth-order valence-corrected chi connectivity index (χ4v) is 1.94. The summed E-state index contributed by atoms with van der Waals surface area (Å²) in [7, 11) is 0. The molecule has 0 fully saturated rings. The van der Waals surface area contributed by atoms with E-state index in [0.717, 1.165) is 18.7 Å². The summed E-state index contributed by atoms with van der Waals surface area (Å²) in [6.45, 7) is 12.1.